The summed E-state index contributed by atoms with van der Waals surface area (Å²) in [5, 5.41) is 3.38. The van der Waals surface area contributed by atoms with E-state index >= 15 is 0 Å². The van der Waals surface area contributed by atoms with Crippen LogP contribution in [0.15, 0.2) is 54.2 Å². The fourth-order valence-corrected chi connectivity index (χ4v) is 5.99. The topological polar surface area (TPSA) is 49.0 Å². The average molecular weight is 444 g/mol. The number of hydrogen-bond acceptors (Lipinski definition) is 3. The number of aromatic nitrogens is 2. The van der Waals surface area contributed by atoms with E-state index in [0.29, 0.717) is 12.3 Å². The second-order valence-corrected chi connectivity index (χ2v) is 10.1. The number of likely N-dealkylation sites (tertiary alicyclic amines) is 1. The van der Waals surface area contributed by atoms with Crippen molar-refractivity contribution in [3.05, 3.63) is 76.4 Å². The summed E-state index contributed by atoms with van der Waals surface area (Å²) in [5.74, 6) is 0.811. The highest BCUT2D eigenvalue weighted by atomic mass is 32.1. The van der Waals surface area contributed by atoms with E-state index in [1.807, 2.05) is 12.4 Å². The average Bonchev–Trinajstić information content (AvgIpc) is 3.49. The van der Waals surface area contributed by atoms with Crippen LogP contribution in [0.1, 0.15) is 53.9 Å². The summed E-state index contributed by atoms with van der Waals surface area (Å²) in [6.45, 7) is 8.12. The zero-order valence-corrected chi connectivity index (χ0v) is 19.7. The molecule has 1 unspecified atom stereocenters. The Balaban J connectivity index is 1.39. The number of H-pyrrole nitrogens is 1. The first-order valence-corrected chi connectivity index (χ1v) is 12.2. The molecule has 1 amide bonds. The SMILES string of the molecule is Cc1cc(C)cc(-c2[nH]c3sccc3c2[C@@H](C)CC(=O)N2CCC(c3ccncc3)C2)c1. The number of nitrogens with zero attached hydrogens (tertiary/aromatic N) is 2. The summed E-state index contributed by atoms with van der Waals surface area (Å²) >= 11 is 1.73. The Hall–Kier alpha value is -2.92. The summed E-state index contributed by atoms with van der Waals surface area (Å²) < 4.78 is 0. The number of carbonyl (C=O) groups excluding carboxylic acids is 1. The lowest BCUT2D eigenvalue weighted by atomic mass is 9.91. The molecule has 4 nitrogen and oxygen atoms in total. The Morgan fingerprint density at radius 1 is 1.19 bits per heavy atom. The molecule has 0 radical (unpaired) electrons. The fraction of sp³-hybridized carbons (Fsp3) is 0.333. The van der Waals surface area contributed by atoms with Gasteiger partial charge in [-0.2, -0.15) is 0 Å². The van der Waals surface area contributed by atoms with E-state index in [4.69, 9.17) is 0 Å². The molecule has 4 aromatic rings. The number of aromatic amines is 1. The molecule has 1 saturated heterocycles. The summed E-state index contributed by atoms with van der Waals surface area (Å²) in [7, 11) is 0. The third-order valence-corrected chi connectivity index (χ3v) is 7.50. The molecule has 5 rings (SSSR count). The normalized spacial score (nSPS) is 17.2. The molecule has 1 N–H and O–H groups in total. The van der Waals surface area contributed by atoms with Crippen LogP contribution in [0.5, 0.6) is 0 Å². The van der Waals surface area contributed by atoms with Crippen molar-refractivity contribution in [1.29, 1.82) is 0 Å². The van der Waals surface area contributed by atoms with Gasteiger partial charge in [0.1, 0.15) is 4.83 Å². The van der Waals surface area contributed by atoms with Gasteiger partial charge in [0.05, 0.1) is 5.69 Å². The highest BCUT2D eigenvalue weighted by molar-refractivity contribution is 7.16. The van der Waals surface area contributed by atoms with Gasteiger partial charge < -0.3 is 9.88 Å². The predicted octanol–water partition coefficient (Wildman–Crippen LogP) is 6.42. The molecule has 5 heteroatoms. The van der Waals surface area contributed by atoms with Crippen molar-refractivity contribution in [2.45, 2.75) is 45.4 Å². The number of amides is 1. The molecule has 1 aliphatic heterocycles. The maximum Gasteiger partial charge on any atom is 0.223 e. The van der Waals surface area contributed by atoms with Gasteiger partial charge in [0, 0.05) is 43.2 Å². The minimum absolute atomic E-state index is 0.140. The Labute approximate surface area is 193 Å². The van der Waals surface area contributed by atoms with Crippen molar-refractivity contribution in [1.82, 2.24) is 14.9 Å². The molecule has 2 atom stereocenters. The lowest BCUT2D eigenvalue weighted by Crippen LogP contribution is -2.29. The lowest BCUT2D eigenvalue weighted by molar-refractivity contribution is -0.130. The molecular formula is C27H29N3OS. The number of thiophene rings is 1. The molecule has 0 bridgehead atoms. The van der Waals surface area contributed by atoms with Crippen LogP contribution in [0.2, 0.25) is 0 Å². The smallest absolute Gasteiger partial charge is 0.223 e. The summed E-state index contributed by atoms with van der Waals surface area (Å²) in [6, 6.07) is 13.0. The van der Waals surface area contributed by atoms with Crippen LogP contribution in [-0.2, 0) is 4.79 Å². The maximum atomic E-state index is 13.3. The first kappa shape index (κ1) is 21.0. The second-order valence-electron chi connectivity index (χ2n) is 9.16. The number of aryl methyl sites for hydroxylation is 2. The Kier molecular flexibility index (Phi) is 5.60. The maximum absolute atomic E-state index is 13.3. The van der Waals surface area contributed by atoms with Gasteiger partial charge in [-0.1, -0.05) is 24.1 Å². The molecule has 1 aliphatic rings. The highest BCUT2D eigenvalue weighted by Crippen LogP contribution is 2.40. The quantitative estimate of drug-likeness (QED) is 0.387. The highest BCUT2D eigenvalue weighted by Gasteiger charge is 2.29. The van der Waals surface area contributed by atoms with E-state index in [9.17, 15) is 4.79 Å². The predicted molar refractivity (Wildman–Crippen MR) is 132 cm³/mol. The molecule has 3 aromatic heterocycles. The van der Waals surface area contributed by atoms with E-state index in [1.54, 1.807) is 11.3 Å². The van der Waals surface area contributed by atoms with Gasteiger partial charge in [-0.05, 0) is 78.6 Å². The van der Waals surface area contributed by atoms with Crippen LogP contribution in [-0.4, -0.2) is 33.9 Å². The standard InChI is InChI=1S/C27H29N3OS/c1-17-12-18(2)14-22(13-17)26-25(23-7-11-32-27(23)29-26)19(3)15-24(31)30-10-6-21(16-30)20-4-8-28-9-5-20/h4-5,7-9,11-14,19,21,29H,6,10,15-16H2,1-3H3/t19-,21?/m0/s1. The second kappa shape index (κ2) is 8.55. The first-order valence-electron chi connectivity index (χ1n) is 11.3. The molecule has 1 aromatic carbocycles. The van der Waals surface area contributed by atoms with Gasteiger partial charge in [0.15, 0.2) is 0 Å². The summed E-state index contributed by atoms with van der Waals surface area (Å²) in [6.07, 6.45) is 5.24. The molecule has 0 aliphatic carbocycles. The third kappa shape index (κ3) is 3.97. The molecule has 0 spiro atoms. The van der Waals surface area contributed by atoms with Gasteiger partial charge in [0.2, 0.25) is 5.91 Å². The number of benzene rings is 1. The van der Waals surface area contributed by atoms with Crippen molar-refractivity contribution in [3.63, 3.8) is 0 Å². The van der Waals surface area contributed by atoms with Crippen molar-refractivity contribution in [2.75, 3.05) is 13.1 Å². The lowest BCUT2D eigenvalue weighted by Gasteiger charge is -2.20. The van der Waals surface area contributed by atoms with Crippen molar-refractivity contribution in [3.8, 4) is 11.3 Å². The van der Waals surface area contributed by atoms with Gasteiger partial charge in [-0.3, -0.25) is 9.78 Å². The molecule has 0 saturated carbocycles. The minimum Gasteiger partial charge on any atom is -0.346 e. The number of carbonyl (C=O) groups is 1. The Bertz CT molecular complexity index is 1240. The van der Waals surface area contributed by atoms with E-state index in [-0.39, 0.29) is 11.8 Å². The zero-order valence-electron chi connectivity index (χ0n) is 18.9. The number of pyridine rings is 1. The fourth-order valence-electron chi connectivity index (χ4n) is 5.18. The summed E-state index contributed by atoms with van der Waals surface area (Å²) in [5.41, 5.74) is 7.43. The van der Waals surface area contributed by atoms with Crippen LogP contribution in [0.4, 0.5) is 0 Å². The number of hydrogen-bond donors (Lipinski definition) is 1. The van der Waals surface area contributed by atoms with E-state index in [1.165, 1.54) is 38.0 Å². The van der Waals surface area contributed by atoms with Crippen molar-refractivity contribution in [2.24, 2.45) is 0 Å². The van der Waals surface area contributed by atoms with Gasteiger partial charge in [-0.15, -0.1) is 11.3 Å². The van der Waals surface area contributed by atoms with Crippen LogP contribution in [0, 0.1) is 13.8 Å². The molecular weight excluding hydrogens is 414 g/mol. The molecule has 32 heavy (non-hydrogen) atoms. The number of nitrogens with one attached hydrogen (secondary N) is 1. The summed E-state index contributed by atoms with van der Waals surface area (Å²) in [4.78, 5) is 24.3. The largest absolute Gasteiger partial charge is 0.346 e. The van der Waals surface area contributed by atoms with E-state index in [0.717, 1.165) is 25.2 Å². The monoisotopic (exact) mass is 443 g/mol. The van der Waals surface area contributed by atoms with Gasteiger partial charge in [0.25, 0.3) is 0 Å². The van der Waals surface area contributed by atoms with Gasteiger partial charge in [-0.25, -0.2) is 0 Å². The molecule has 164 valence electrons. The van der Waals surface area contributed by atoms with Crippen LogP contribution in [0.3, 0.4) is 0 Å². The van der Waals surface area contributed by atoms with E-state index in [2.05, 4.69) is 77.4 Å². The molecule has 4 heterocycles. The van der Waals surface area contributed by atoms with Crippen molar-refractivity contribution < 1.29 is 4.79 Å². The van der Waals surface area contributed by atoms with Crippen molar-refractivity contribution >= 4 is 27.5 Å². The molecule has 1 fully saturated rings. The third-order valence-electron chi connectivity index (χ3n) is 6.67. The number of rotatable bonds is 5. The minimum atomic E-state index is 0.140. The number of fused-ring (bicyclic) bond motifs is 1. The van der Waals surface area contributed by atoms with Crippen LogP contribution in [0.25, 0.3) is 21.5 Å². The van der Waals surface area contributed by atoms with Crippen LogP contribution >= 0.6 is 11.3 Å². The Morgan fingerprint density at radius 3 is 2.69 bits per heavy atom. The van der Waals surface area contributed by atoms with E-state index < -0.39 is 0 Å². The zero-order chi connectivity index (χ0) is 22.2. The van der Waals surface area contributed by atoms with Crippen LogP contribution < -0.4 is 0 Å². The Morgan fingerprint density at radius 2 is 1.94 bits per heavy atom. The van der Waals surface area contributed by atoms with Gasteiger partial charge >= 0.3 is 0 Å². The first-order chi connectivity index (χ1) is 15.5.